The highest BCUT2D eigenvalue weighted by atomic mass is 79.9. The molecule has 0 bridgehead atoms. The van der Waals surface area contributed by atoms with Gasteiger partial charge < -0.3 is 10.5 Å². The minimum atomic E-state index is 0.574. The molecule has 2 N–H and O–H groups in total. The summed E-state index contributed by atoms with van der Waals surface area (Å²) in [5.74, 6) is 1.23. The monoisotopic (exact) mass is 314 g/mol. The van der Waals surface area contributed by atoms with Crippen molar-refractivity contribution in [3.05, 3.63) is 59.2 Å². The van der Waals surface area contributed by atoms with E-state index in [0.29, 0.717) is 17.3 Å². The number of halogens is 1. The van der Waals surface area contributed by atoms with Gasteiger partial charge in [0.1, 0.15) is 5.75 Å². The van der Waals surface area contributed by atoms with Gasteiger partial charge in [-0.3, -0.25) is 0 Å². The molecule has 0 fully saturated rings. The summed E-state index contributed by atoms with van der Waals surface area (Å²) in [6, 6.07) is 15.4. The fraction of sp³-hybridized carbons (Fsp3) is 0. The molecular formula is C15H11BrN2O. The Balaban J connectivity index is 2.09. The Labute approximate surface area is 119 Å². The molecule has 0 aliphatic heterocycles. The van der Waals surface area contributed by atoms with Crippen LogP contribution in [0.4, 0.5) is 5.69 Å². The number of nitrogens with zero attached hydrogens (tertiary/aromatic N) is 1. The summed E-state index contributed by atoms with van der Waals surface area (Å²) >= 11 is 3.42. The lowest BCUT2D eigenvalue weighted by molar-refractivity contribution is 0.466. The number of benzene rings is 2. The molecule has 2 aromatic carbocycles. The Bertz CT molecular complexity index is 738. The lowest BCUT2D eigenvalue weighted by atomic mass is 10.2. The number of pyridine rings is 1. The summed E-state index contributed by atoms with van der Waals surface area (Å²) in [6.07, 6.45) is 1.73. The smallest absolute Gasteiger partial charge is 0.227 e. The molecule has 0 amide bonds. The minimum absolute atomic E-state index is 0.574. The van der Waals surface area contributed by atoms with E-state index in [4.69, 9.17) is 10.5 Å². The van der Waals surface area contributed by atoms with Gasteiger partial charge in [0, 0.05) is 17.3 Å². The molecule has 3 rings (SSSR count). The molecule has 0 saturated heterocycles. The van der Waals surface area contributed by atoms with Crippen molar-refractivity contribution in [3.63, 3.8) is 0 Å². The number of hydrogen-bond donors (Lipinski definition) is 1. The van der Waals surface area contributed by atoms with Crippen LogP contribution in [0, 0.1) is 0 Å². The van der Waals surface area contributed by atoms with Crippen LogP contribution >= 0.6 is 15.9 Å². The van der Waals surface area contributed by atoms with E-state index in [2.05, 4.69) is 20.9 Å². The molecule has 0 radical (unpaired) electrons. The van der Waals surface area contributed by atoms with E-state index in [9.17, 15) is 0 Å². The zero-order valence-electron chi connectivity index (χ0n) is 10.0. The van der Waals surface area contributed by atoms with Crippen molar-refractivity contribution in [1.82, 2.24) is 4.98 Å². The highest BCUT2D eigenvalue weighted by Gasteiger charge is 2.08. The van der Waals surface area contributed by atoms with Crippen molar-refractivity contribution in [2.24, 2.45) is 0 Å². The Hall–Kier alpha value is -2.07. The predicted octanol–water partition coefficient (Wildman–Crippen LogP) is 4.37. The van der Waals surface area contributed by atoms with Crippen molar-refractivity contribution >= 4 is 32.4 Å². The van der Waals surface area contributed by atoms with Crippen LogP contribution in [-0.2, 0) is 0 Å². The molecule has 0 saturated carbocycles. The number of fused-ring (bicyclic) bond motifs is 1. The zero-order valence-corrected chi connectivity index (χ0v) is 11.6. The van der Waals surface area contributed by atoms with Crippen molar-refractivity contribution in [1.29, 1.82) is 0 Å². The van der Waals surface area contributed by atoms with Gasteiger partial charge in [0.25, 0.3) is 0 Å². The molecule has 0 spiro atoms. The maximum atomic E-state index is 5.87. The number of nitrogen functional groups attached to an aromatic ring is 1. The molecular weight excluding hydrogens is 304 g/mol. The molecule has 0 atom stereocenters. The molecule has 1 aromatic heterocycles. The van der Waals surface area contributed by atoms with Gasteiger partial charge in [-0.2, -0.15) is 0 Å². The molecule has 0 aliphatic rings. The number of anilines is 1. The van der Waals surface area contributed by atoms with Crippen LogP contribution in [0.15, 0.2) is 59.2 Å². The van der Waals surface area contributed by atoms with Crippen LogP contribution in [0.5, 0.6) is 11.6 Å². The van der Waals surface area contributed by atoms with Gasteiger partial charge in [0.15, 0.2) is 0 Å². The Kier molecular flexibility index (Phi) is 3.09. The minimum Gasteiger partial charge on any atom is -0.437 e. The molecule has 4 heteroatoms. The number of rotatable bonds is 2. The van der Waals surface area contributed by atoms with Gasteiger partial charge in [-0.1, -0.05) is 24.3 Å². The first kappa shape index (κ1) is 12.0. The van der Waals surface area contributed by atoms with E-state index in [1.807, 2.05) is 48.5 Å². The number of nitrogens with two attached hydrogens (primary N) is 1. The van der Waals surface area contributed by atoms with Gasteiger partial charge >= 0.3 is 0 Å². The standard InChI is InChI=1S/C15H11BrN2O/c16-14-12(17)6-3-7-13(14)19-15-11-5-2-1-4-10(11)8-9-18-15/h1-9H,17H2. The second-order valence-electron chi connectivity index (χ2n) is 4.10. The first-order valence-corrected chi connectivity index (χ1v) is 6.60. The number of ether oxygens (including phenoxy) is 1. The topological polar surface area (TPSA) is 48.1 Å². The van der Waals surface area contributed by atoms with Crippen LogP contribution in [0.2, 0.25) is 0 Å². The Morgan fingerprint density at radius 3 is 2.74 bits per heavy atom. The second-order valence-corrected chi connectivity index (χ2v) is 4.89. The molecule has 94 valence electrons. The summed E-state index contributed by atoms with van der Waals surface area (Å²) in [5.41, 5.74) is 6.48. The average molecular weight is 315 g/mol. The Morgan fingerprint density at radius 1 is 1.00 bits per heavy atom. The van der Waals surface area contributed by atoms with Crippen molar-refractivity contribution in [2.45, 2.75) is 0 Å². The van der Waals surface area contributed by atoms with Crippen LogP contribution < -0.4 is 10.5 Å². The predicted molar refractivity (Wildman–Crippen MR) is 80.4 cm³/mol. The molecule has 0 unspecified atom stereocenters. The summed E-state index contributed by atoms with van der Waals surface area (Å²) < 4.78 is 6.61. The van der Waals surface area contributed by atoms with Crippen LogP contribution in [0.3, 0.4) is 0 Å². The molecule has 1 heterocycles. The van der Waals surface area contributed by atoms with Crippen molar-refractivity contribution in [3.8, 4) is 11.6 Å². The first-order chi connectivity index (χ1) is 9.25. The van der Waals surface area contributed by atoms with Gasteiger partial charge in [-0.25, -0.2) is 4.98 Å². The largest absolute Gasteiger partial charge is 0.437 e. The van der Waals surface area contributed by atoms with Crippen LogP contribution in [0.1, 0.15) is 0 Å². The van der Waals surface area contributed by atoms with E-state index < -0.39 is 0 Å². The van der Waals surface area contributed by atoms with Crippen LogP contribution in [0.25, 0.3) is 10.8 Å². The molecule has 3 nitrogen and oxygen atoms in total. The number of hydrogen-bond acceptors (Lipinski definition) is 3. The highest BCUT2D eigenvalue weighted by molar-refractivity contribution is 9.10. The maximum Gasteiger partial charge on any atom is 0.227 e. The van der Waals surface area contributed by atoms with E-state index >= 15 is 0 Å². The molecule has 3 aromatic rings. The van der Waals surface area contributed by atoms with Crippen LogP contribution in [-0.4, -0.2) is 4.98 Å². The van der Waals surface area contributed by atoms with E-state index in [0.717, 1.165) is 15.2 Å². The third kappa shape index (κ3) is 2.27. The summed E-state index contributed by atoms with van der Waals surface area (Å²) in [5, 5.41) is 2.06. The van der Waals surface area contributed by atoms with Crippen molar-refractivity contribution in [2.75, 3.05) is 5.73 Å². The first-order valence-electron chi connectivity index (χ1n) is 5.81. The zero-order chi connectivity index (χ0) is 13.2. The fourth-order valence-corrected chi connectivity index (χ4v) is 2.23. The normalized spacial score (nSPS) is 10.6. The lowest BCUT2D eigenvalue weighted by Gasteiger charge is -2.10. The third-order valence-electron chi connectivity index (χ3n) is 2.84. The van der Waals surface area contributed by atoms with E-state index in [1.54, 1.807) is 6.20 Å². The van der Waals surface area contributed by atoms with E-state index in [-0.39, 0.29) is 0 Å². The number of aromatic nitrogens is 1. The lowest BCUT2D eigenvalue weighted by Crippen LogP contribution is -1.93. The van der Waals surface area contributed by atoms with Crippen molar-refractivity contribution < 1.29 is 4.74 Å². The molecule has 0 aliphatic carbocycles. The van der Waals surface area contributed by atoms with E-state index in [1.165, 1.54) is 0 Å². The van der Waals surface area contributed by atoms with Gasteiger partial charge in [0.2, 0.25) is 5.88 Å². The fourth-order valence-electron chi connectivity index (χ4n) is 1.88. The molecule has 19 heavy (non-hydrogen) atoms. The Morgan fingerprint density at radius 2 is 1.84 bits per heavy atom. The second kappa shape index (κ2) is 4.90. The summed E-state index contributed by atoms with van der Waals surface area (Å²) in [6.45, 7) is 0. The SMILES string of the molecule is Nc1cccc(Oc2nccc3ccccc23)c1Br. The average Bonchev–Trinajstić information content (AvgIpc) is 2.44. The highest BCUT2D eigenvalue weighted by Crippen LogP contribution is 2.35. The quantitative estimate of drug-likeness (QED) is 0.714. The van der Waals surface area contributed by atoms with Gasteiger partial charge in [-0.15, -0.1) is 0 Å². The maximum absolute atomic E-state index is 5.87. The summed E-state index contributed by atoms with van der Waals surface area (Å²) in [7, 11) is 0. The summed E-state index contributed by atoms with van der Waals surface area (Å²) in [4.78, 5) is 4.29. The van der Waals surface area contributed by atoms with Gasteiger partial charge in [0.05, 0.1) is 4.47 Å². The third-order valence-corrected chi connectivity index (χ3v) is 3.69. The van der Waals surface area contributed by atoms with Gasteiger partial charge in [-0.05, 0) is 45.6 Å².